The van der Waals surface area contributed by atoms with Crippen LogP contribution in [0, 0.1) is 0 Å². The summed E-state index contributed by atoms with van der Waals surface area (Å²) in [6.07, 6.45) is 1.01. The number of likely N-dealkylation sites (N-methyl/N-ethyl adjacent to an activating group) is 1. The van der Waals surface area contributed by atoms with E-state index in [1.165, 1.54) is 0 Å². The molecule has 0 saturated heterocycles. The minimum Gasteiger partial charge on any atom is -0.377 e. The molecule has 0 aromatic carbocycles. The highest BCUT2D eigenvalue weighted by molar-refractivity contribution is 6.60. The average Bonchev–Trinajstić information content (AvgIpc) is 2.40. The maximum Gasteiger partial charge on any atom is 0.500 e. The van der Waals surface area contributed by atoms with Crippen LogP contribution in [0.25, 0.3) is 0 Å². The molecule has 6 heteroatoms. The van der Waals surface area contributed by atoms with Gasteiger partial charge in [-0.3, -0.25) is 0 Å². The van der Waals surface area contributed by atoms with Crippen molar-refractivity contribution in [3.05, 3.63) is 12.2 Å². The van der Waals surface area contributed by atoms with E-state index in [9.17, 15) is 0 Å². The van der Waals surface area contributed by atoms with Crippen molar-refractivity contribution >= 4 is 8.80 Å². The molecule has 0 saturated carbocycles. The zero-order valence-electron chi connectivity index (χ0n) is 14.0. The van der Waals surface area contributed by atoms with E-state index in [4.69, 9.17) is 18.0 Å². The van der Waals surface area contributed by atoms with Gasteiger partial charge in [-0.1, -0.05) is 12.2 Å². The Balaban J connectivity index is 3.99. The summed E-state index contributed by atoms with van der Waals surface area (Å²) >= 11 is 0. The van der Waals surface area contributed by atoms with Crippen LogP contribution in [0.15, 0.2) is 12.2 Å². The lowest BCUT2D eigenvalue weighted by atomic mass is 10.3. The fourth-order valence-corrected chi connectivity index (χ4v) is 3.65. The van der Waals surface area contributed by atoms with Crippen LogP contribution in [0.3, 0.4) is 0 Å². The van der Waals surface area contributed by atoms with Crippen molar-refractivity contribution in [3.63, 3.8) is 0 Å². The molecule has 0 amide bonds. The summed E-state index contributed by atoms with van der Waals surface area (Å²) in [5.41, 5.74) is 1.06. The predicted octanol–water partition coefficient (Wildman–Crippen LogP) is 1.92. The molecule has 0 aliphatic carbocycles. The number of rotatable bonds is 12. The molecule has 5 nitrogen and oxygen atoms in total. The zero-order chi connectivity index (χ0) is 15.6. The van der Waals surface area contributed by atoms with Gasteiger partial charge in [0, 0.05) is 33.8 Å². The van der Waals surface area contributed by atoms with E-state index in [1.54, 1.807) is 21.3 Å². The van der Waals surface area contributed by atoms with Crippen LogP contribution in [0.1, 0.15) is 13.3 Å². The van der Waals surface area contributed by atoms with Gasteiger partial charge < -0.3 is 22.5 Å². The van der Waals surface area contributed by atoms with Gasteiger partial charge in [0.2, 0.25) is 0 Å². The second-order valence-electron chi connectivity index (χ2n) is 5.79. The quantitative estimate of drug-likeness (QED) is 0.239. The Morgan fingerprint density at radius 3 is 2.05 bits per heavy atom. The van der Waals surface area contributed by atoms with E-state index in [0.717, 1.165) is 42.2 Å². The number of quaternary nitrogens is 1. The first-order chi connectivity index (χ1) is 9.31. The lowest BCUT2D eigenvalue weighted by molar-refractivity contribution is -0.890. The van der Waals surface area contributed by atoms with E-state index in [1.807, 2.05) is 6.92 Å². The molecule has 0 aromatic heterocycles. The Kier molecular flexibility index (Phi) is 9.53. The molecule has 0 aromatic rings. The Morgan fingerprint density at radius 1 is 1.05 bits per heavy atom. The van der Waals surface area contributed by atoms with Gasteiger partial charge in [-0.15, -0.1) is 0 Å². The summed E-state index contributed by atoms with van der Waals surface area (Å²) < 4.78 is 22.8. The van der Waals surface area contributed by atoms with E-state index >= 15 is 0 Å². The maximum atomic E-state index is 5.56. The van der Waals surface area contributed by atoms with Crippen LogP contribution in [0.2, 0.25) is 6.04 Å². The Morgan fingerprint density at radius 2 is 1.60 bits per heavy atom. The molecule has 0 spiro atoms. The normalized spacial score (nSPS) is 12.7. The van der Waals surface area contributed by atoms with Gasteiger partial charge >= 0.3 is 8.80 Å². The van der Waals surface area contributed by atoms with E-state index in [2.05, 4.69) is 20.7 Å². The number of hydrogen-bond donors (Lipinski definition) is 0. The third kappa shape index (κ3) is 8.14. The first-order valence-corrected chi connectivity index (χ1v) is 8.93. The smallest absolute Gasteiger partial charge is 0.377 e. The molecular weight excluding hydrogens is 274 g/mol. The van der Waals surface area contributed by atoms with Gasteiger partial charge in [0.05, 0.1) is 33.9 Å². The summed E-state index contributed by atoms with van der Waals surface area (Å²) in [7, 11) is 6.97. The Bertz CT molecular complexity index is 272. The van der Waals surface area contributed by atoms with Crippen LogP contribution < -0.4 is 0 Å². The second kappa shape index (κ2) is 9.65. The second-order valence-corrected chi connectivity index (χ2v) is 8.88. The minimum atomic E-state index is -2.42. The van der Waals surface area contributed by atoms with Crippen LogP contribution in [-0.4, -0.2) is 75.0 Å². The molecular formula is C14H32NO4Si+. The number of ether oxygens (including phenoxy) is 1. The zero-order valence-corrected chi connectivity index (χ0v) is 15.0. The molecule has 0 aliphatic rings. The Hall–Kier alpha value is -0.243. The molecule has 0 fully saturated rings. The fraction of sp³-hybridized carbons (Fsp3) is 0.857. The van der Waals surface area contributed by atoms with Crippen LogP contribution in [-0.2, 0) is 18.0 Å². The summed E-state index contributed by atoms with van der Waals surface area (Å²) in [4.78, 5) is 0. The highest BCUT2D eigenvalue weighted by Gasteiger charge is 2.37. The van der Waals surface area contributed by atoms with Crippen molar-refractivity contribution in [1.29, 1.82) is 0 Å². The first kappa shape index (κ1) is 19.8. The molecule has 0 unspecified atom stereocenters. The number of nitrogens with zero attached hydrogens (tertiary/aromatic N) is 1. The number of hydrogen-bond acceptors (Lipinski definition) is 4. The van der Waals surface area contributed by atoms with Crippen molar-refractivity contribution < 1.29 is 22.5 Å². The summed E-state index contributed by atoms with van der Waals surface area (Å²) in [5.74, 6) is 0. The van der Waals surface area contributed by atoms with Gasteiger partial charge in [-0.2, -0.15) is 0 Å². The Labute approximate surface area is 125 Å². The third-order valence-electron chi connectivity index (χ3n) is 3.37. The first-order valence-electron chi connectivity index (χ1n) is 7.00. The molecule has 0 bridgehead atoms. The van der Waals surface area contributed by atoms with Crippen LogP contribution in [0.5, 0.6) is 0 Å². The van der Waals surface area contributed by atoms with Crippen LogP contribution >= 0.6 is 0 Å². The molecule has 0 heterocycles. The SMILES string of the molecule is C=C(C)COCC[N+](C)(C)CCC[Si](OC)(OC)OC. The maximum absolute atomic E-state index is 5.56. The van der Waals surface area contributed by atoms with E-state index in [-0.39, 0.29) is 0 Å². The highest BCUT2D eigenvalue weighted by atomic mass is 28.4. The van der Waals surface area contributed by atoms with Gasteiger partial charge in [0.1, 0.15) is 6.54 Å². The van der Waals surface area contributed by atoms with Gasteiger partial charge in [-0.05, 0) is 6.92 Å². The van der Waals surface area contributed by atoms with Gasteiger partial charge in [0.15, 0.2) is 0 Å². The third-order valence-corrected chi connectivity index (χ3v) is 6.20. The summed E-state index contributed by atoms with van der Waals surface area (Å²) in [6.45, 7) is 9.22. The summed E-state index contributed by atoms with van der Waals surface area (Å²) in [6, 6.07) is 0.838. The lowest BCUT2D eigenvalue weighted by Crippen LogP contribution is -2.46. The lowest BCUT2D eigenvalue weighted by Gasteiger charge is -2.31. The highest BCUT2D eigenvalue weighted by Crippen LogP contribution is 2.16. The molecule has 0 rings (SSSR count). The fourth-order valence-electron chi connectivity index (χ4n) is 1.95. The van der Waals surface area contributed by atoms with Crippen molar-refractivity contribution in [3.8, 4) is 0 Å². The van der Waals surface area contributed by atoms with Gasteiger partial charge in [0.25, 0.3) is 0 Å². The van der Waals surface area contributed by atoms with Crippen molar-refractivity contribution in [2.75, 3.05) is 61.7 Å². The van der Waals surface area contributed by atoms with Crippen molar-refractivity contribution in [2.24, 2.45) is 0 Å². The summed E-state index contributed by atoms with van der Waals surface area (Å²) in [5, 5.41) is 0. The molecule has 0 aliphatic heterocycles. The van der Waals surface area contributed by atoms with Gasteiger partial charge in [-0.25, -0.2) is 0 Å². The predicted molar refractivity (Wildman–Crippen MR) is 83.7 cm³/mol. The largest absolute Gasteiger partial charge is 0.500 e. The molecule has 20 heavy (non-hydrogen) atoms. The van der Waals surface area contributed by atoms with Crippen molar-refractivity contribution in [2.45, 2.75) is 19.4 Å². The molecule has 0 N–H and O–H groups in total. The van der Waals surface area contributed by atoms with E-state index in [0.29, 0.717) is 6.61 Å². The standard InChI is InChI=1S/C14H32NO4Si/c1-14(2)13-19-11-10-15(3,4)9-8-12-20(16-5,17-6)18-7/h1,8-13H2,2-7H3/q+1. The molecule has 0 radical (unpaired) electrons. The average molecular weight is 306 g/mol. The monoisotopic (exact) mass is 306 g/mol. The van der Waals surface area contributed by atoms with Crippen LogP contribution in [0.4, 0.5) is 0 Å². The minimum absolute atomic E-state index is 0.646. The van der Waals surface area contributed by atoms with Crippen molar-refractivity contribution in [1.82, 2.24) is 0 Å². The topological polar surface area (TPSA) is 36.9 Å². The molecule has 0 atom stereocenters. The molecule has 120 valence electrons. The van der Waals surface area contributed by atoms with E-state index < -0.39 is 8.80 Å².